The third kappa shape index (κ3) is 5.42. The highest BCUT2D eigenvalue weighted by molar-refractivity contribution is 6.31. The van der Waals surface area contributed by atoms with E-state index in [4.69, 9.17) is 21.3 Å². The number of carboxylic acid groups (broad SMARTS) is 1. The van der Waals surface area contributed by atoms with Crippen LogP contribution in [0.5, 0.6) is 5.75 Å². The number of benzene rings is 3. The van der Waals surface area contributed by atoms with E-state index in [0.717, 1.165) is 18.4 Å². The first-order valence-corrected chi connectivity index (χ1v) is 12.2. The van der Waals surface area contributed by atoms with Gasteiger partial charge in [-0.25, -0.2) is 9.78 Å². The Balaban J connectivity index is 1.64. The average molecular weight is 507 g/mol. The van der Waals surface area contributed by atoms with Crippen LogP contribution in [0.2, 0.25) is 5.02 Å². The van der Waals surface area contributed by atoms with Crippen LogP contribution in [0.3, 0.4) is 0 Å². The number of carbonyl (C=O) groups is 1. The molecule has 0 saturated heterocycles. The Morgan fingerprint density at radius 3 is 2.50 bits per heavy atom. The van der Waals surface area contributed by atoms with E-state index in [1.165, 1.54) is 0 Å². The van der Waals surface area contributed by atoms with Gasteiger partial charge in [0.2, 0.25) is 6.10 Å². The molecule has 1 heterocycles. The zero-order valence-electron chi connectivity index (χ0n) is 19.9. The number of aliphatic carboxylic acids is 1. The highest BCUT2D eigenvalue weighted by Gasteiger charge is 2.24. The first kappa shape index (κ1) is 25.4. The molecule has 0 saturated carbocycles. The number of hydrogen-bond acceptors (Lipinski definition) is 5. The summed E-state index contributed by atoms with van der Waals surface area (Å²) in [6, 6.07) is 18.9. The van der Waals surface area contributed by atoms with Gasteiger partial charge in [-0.15, -0.1) is 0 Å². The Hall–Kier alpha value is -3.68. The Kier molecular flexibility index (Phi) is 8.03. The lowest BCUT2D eigenvalue weighted by Crippen LogP contribution is -2.27. The van der Waals surface area contributed by atoms with Gasteiger partial charge in [-0.3, -0.25) is 9.36 Å². The van der Waals surface area contributed by atoms with Crippen LogP contribution in [0, 0.1) is 0 Å². The summed E-state index contributed by atoms with van der Waals surface area (Å²) in [7, 11) is 0. The normalized spacial score (nSPS) is 12.0. The first-order valence-electron chi connectivity index (χ1n) is 11.8. The molecule has 0 aliphatic rings. The average Bonchev–Trinajstić information content (AvgIpc) is 2.88. The molecule has 2 N–H and O–H groups in total. The molecular formula is C28H27ClN2O5. The number of ether oxygens (including phenoxy) is 1. The fraction of sp³-hybridized carbons (Fsp3) is 0.250. The van der Waals surface area contributed by atoms with Gasteiger partial charge in [0.05, 0.1) is 24.1 Å². The molecule has 0 aliphatic carbocycles. The van der Waals surface area contributed by atoms with E-state index in [9.17, 15) is 19.8 Å². The van der Waals surface area contributed by atoms with Crippen LogP contribution in [0.1, 0.15) is 48.4 Å². The topological polar surface area (TPSA) is 102 Å². The lowest BCUT2D eigenvalue weighted by Gasteiger charge is -2.17. The second-order valence-electron chi connectivity index (χ2n) is 8.49. The number of aryl methyl sites for hydroxylation is 1. The zero-order valence-corrected chi connectivity index (χ0v) is 20.6. The van der Waals surface area contributed by atoms with Gasteiger partial charge in [0.25, 0.3) is 5.56 Å². The smallest absolute Gasteiger partial charge is 0.349 e. The summed E-state index contributed by atoms with van der Waals surface area (Å²) < 4.78 is 7.39. The van der Waals surface area contributed by atoms with Crippen molar-refractivity contribution in [3.8, 4) is 5.75 Å². The molecular weight excluding hydrogens is 480 g/mol. The van der Waals surface area contributed by atoms with Crippen molar-refractivity contribution in [2.45, 2.75) is 45.4 Å². The largest absolute Gasteiger partial charge is 0.478 e. The minimum absolute atomic E-state index is 0.194. The molecule has 4 aromatic rings. The van der Waals surface area contributed by atoms with Gasteiger partial charge in [-0.1, -0.05) is 67.4 Å². The van der Waals surface area contributed by atoms with E-state index in [0.29, 0.717) is 45.0 Å². The van der Waals surface area contributed by atoms with Gasteiger partial charge in [-0.05, 0) is 41.8 Å². The van der Waals surface area contributed by atoms with Crippen molar-refractivity contribution >= 4 is 28.5 Å². The van der Waals surface area contributed by atoms with E-state index in [1.807, 2.05) is 0 Å². The van der Waals surface area contributed by atoms with Gasteiger partial charge in [0.15, 0.2) is 0 Å². The Morgan fingerprint density at radius 1 is 1.08 bits per heavy atom. The summed E-state index contributed by atoms with van der Waals surface area (Å²) in [6.45, 7) is 2.12. The van der Waals surface area contributed by atoms with Crippen molar-refractivity contribution in [1.82, 2.24) is 9.55 Å². The molecule has 186 valence electrons. The number of aliphatic hydroxyl groups is 1. The molecule has 0 fully saturated rings. The lowest BCUT2D eigenvalue weighted by atomic mass is 10.1. The summed E-state index contributed by atoms with van der Waals surface area (Å²) in [6.07, 6.45) is 1.26. The maximum Gasteiger partial charge on any atom is 0.349 e. The molecule has 0 amide bonds. The van der Waals surface area contributed by atoms with Gasteiger partial charge >= 0.3 is 5.97 Å². The molecule has 4 rings (SSSR count). The summed E-state index contributed by atoms with van der Waals surface area (Å²) in [5.41, 5.74) is 2.13. The number of aliphatic hydroxyl groups excluding tert-OH is 1. The molecule has 36 heavy (non-hydrogen) atoms. The Labute approximate surface area is 213 Å². The van der Waals surface area contributed by atoms with E-state index < -0.39 is 12.1 Å². The Bertz CT molecular complexity index is 1430. The van der Waals surface area contributed by atoms with Crippen molar-refractivity contribution in [1.29, 1.82) is 0 Å². The summed E-state index contributed by atoms with van der Waals surface area (Å²) >= 11 is 6.18. The number of carboxylic acids is 1. The molecule has 7 nitrogen and oxygen atoms in total. The van der Waals surface area contributed by atoms with Crippen LogP contribution in [0.15, 0.2) is 71.5 Å². The van der Waals surface area contributed by atoms with Crippen LogP contribution in [0.4, 0.5) is 0 Å². The minimum atomic E-state index is -1.26. The van der Waals surface area contributed by atoms with Crippen molar-refractivity contribution < 1.29 is 19.7 Å². The van der Waals surface area contributed by atoms with Crippen LogP contribution in [-0.2, 0) is 24.4 Å². The van der Waals surface area contributed by atoms with Crippen LogP contribution in [0.25, 0.3) is 10.9 Å². The van der Waals surface area contributed by atoms with Crippen molar-refractivity contribution in [2.75, 3.05) is 0 Å². The fourth-order valence-electron chi connectivity index (χ4n) is 4.13. The van der Waals surface area contributed by atoms with Crippen molar-refractivity contribution in [3.05, 3.63) is 105 Å². The minimum Gasteiger partial charge on any atom is -0.478 e. The number of halogens is 1. The number of fused-ring (bicyclic) bond motifs is 1. The van der Waals surface area contributed by atoms with E-state index in [-0.39, 0.29) is 18.7 Å². The molecule has 0 aliphatic heterocycles. The third-order valence-corrected chi connectivity index (χ3v) is 6.35. The Morgan fingerprint density at radius 2 is 1.83 bits per heavy atom. The number of aromatic nitrogens is 2. The molecule has 8 heteroatoms. The quantitative estimate of drug-likeness (QED) is 0.309. The van der Waals surface area contributed by atoms with Gasteiger partial charge < -0.3 is 14.9 Å². The standard InChI is InChI=1S/C28H27ClN2O5/c1-2-3-11-24-30-23-10-6-7-19(17-32)25(23)27(33)31(24)16-18-12-14-20(15-13-18)36-26(28(34)35)21-8-4-5-9-22(21)29/h4-10,12-15,26,32H,2-3,11,16-17H2,1H3,(H,34,35). The highest BCUT2D eigenvalue weighted by atomic mass is 35.5. The lowest BCUT2D eigenvalue weighted by molar-refractivity contribution is -0.145. The van der Waals surface area contributed by atoms with Gasteiger partial charge in [0.1, 0.15) is 11.6 Å². The number of unbranched alkanes of at least 4 members (excludes halogenated alkanes) is 1. The van der Waals surface area contributed by atoms with E-state index in [2.05, 4.69) is 6.92 Å². The first-order chi connectivity index (χ1) is 17.4. The molecule has 0 bridgehead atoms. The third-order valence-electron chi connectivity index (χ3n) is 6.00. The molecule has 1 aromatic heterocycles. The maximum atomic E-state index is 13.5. The fourth-order valence-corrected chi connectivity index (χ4v) is 4.36. The van der Waals surface area contributed by atoms with Gasteiger partial charge in [0, 0.05) is 17.0 Å². The van der Waals surface area contributed by atoms with Crippen LogP contribution in [-0.4, -0.2) is 25.7 Å². The molecule has 0 radical (unpaired) electrons. The molecule has 1 atom stereocenters. The number of rotatable bonds is 10. The number of nitrogens with zero attached hydrogens (tertiary/aromatic N) is 2. The summed E-state index contributed by atoms with van der Waals surface area (Å²) in [5.74, 6) is -0.0977. The molecule has 0 spiro atoms. The highest BCUT2D eigenvalue weighted by Crippen LogP contribution is 2.28. The van der Waals surface area contributed by atoms with E-state index in [1.54, 1.807) is 71.3 Å². The second kappa shape index (κ2) is 11.4. The maximum absolute atomic E-state index is 13.5. The second-order valence-corrected chi connectivity index (χ2v) is 8.90. The SMILES string of the molecule is CCCCc1nc2cccc(CO)c2c(=O)n1Cc1ccc(OC(C(=O)O)c2ccccc2Cl)cc1. The van der Waals surface area contributed by atoms with E-state index >= 15 is 0 Å². The van der Waals surface area contributed by atoms with Gasteiger partial charge in [-0.2, -0.15) is 0 Å². The molecule has 1 unspecified atom stereocenters. The predicted octanol–water partition coefficient (Wildman–Crippen LogP) is 5.14. The number of hydrogen-bond donors (Lipinski definition) is 2. The summed E-state index contributed by atoms with van der Waals surface area (Å²) in [5, 5.41) is 20.2. The summed E-state index contributed by atoms with van der Waals surface area (Å²) in [4.78, 5) is 30.1. The van der Waals surface area contributed by atoms with Crippen LogP contribution >= 0.6 is 11.6 Å². The predicted molar refractivity (Wildman–Crippen MR) is 139 cm³/mol. The molecule has 3 aromatic carbocycles. The van der Waals surface area contributed by atoms with Crippen molar-refractivity contribution in [3.63, 3.8) is 0 Å². The van der Waals surface area contributed by atoms with Crippen LogP contribution < -0.4 is 10.3 Å². The van der Waals surface area contributed by atoms with Crippen molar-refractivity contribution in [2.24, 2.45) is 0 Å². The zero-order chi connectivity index (χ0) is 25.7. The monoisotopic (exact) mass is 506 g/mol.